The molecule has 17 heavy (non-hydrogen) atoms. The Morgan fingerprint density at radius 2 is 2.12 bits per heavy atom. The molecule has 88 valence electrons. The SMILES string of the molecule is Cc1nc(NCc2cccc(Cl)c2)ccc1N. The van der Waals surface area contributed by atoms with Gasteiger partial charge in [0, 0.05) is 11.6 Å². The first-order valence-corrected chi connectivity index (χ1v) is 5.74. The summed E-state index contributed by atoms with van der Waals surface area (Å²) < 4.78 is 0. The van der Waals surface area contributed by atoms with Crippen molar-refractivity contribution >= 4 is 23.1 Å². The Hall–Kier alpha value is -1.74. The van der Waals surface area contributed by atoms with Gasteiger partial charge in [-0.2, -0.15) is 0 Å². The minimum atomic E-state index is 0.691. The van der Waals surface area contributed by atoms with Crippen molar-refractivity contribution in [1.29, 1.82) is 0 Å². The molecule has 2 aromatic rings. The fourth-order valence-electron chi connectivity index (χ4n) is 1.51. The van der Waals surface area contributed by atoms with E-state index in [4.69, 9.17) is 17.3 Å². The van der Waals surface area contributed by atoms with Crippen molar-refractivity contribution in [2.75, 3.05) is 11.1 Å². The highest BCUT2D eigenvalue weighted by atomic mass is 35.5. The average Bonchev–Trinajstić information content (AvgIpc) is 2.31. The Morgan fingerprint density at radius 3 is 2.82 bits per heavy atom. The predicted octanol–water partition coefficient (Wildman–Crippen LogP) is 3.24. The quantitative estimate of drug-likeness (QED) is 0.876. The molecule has 4 heteroatoms. The van der Waals surface area contributed by atoms with Gasteiger partial charge in [0.1, 0.15) is 5.82 Å². The molecule has 0 saturated carbocycles. The minimum Gasteiger partial charge on any atom is -0.397 e. The van der Waals surface area contributed by atoms with E-state index in [-0.39, 0.29) is 0 Å². The van der Waals surface area contributed by atoms with Gasteiger partial charge in [-0.1, -0.05) is 23.7 Å². The lowest BCUT2D eigenvalue weighted by Gasteiger charge is -2.07. The summed E-state index contributed by atoms with van der Waals surface area (Å²) in [6, 6.07) is 11.5. The van der Waals surface area contributed by atoms with Gasteiger partial charge in [-0.15, -0.1) is 0 Å². The molecule has 0 fully saturated rings. The number of anilines is 2. The van der Waals surface area contributed by atoms with Gasteiger partial charge in [-0.05, 0) is 36.8 Å². The Morgan fingerprint density at radius 1 is 1.29 bits per heavy atom. The predicted molar refractivity (Wildman–Crippen MR) is 72.2 cm³/mol. The Bertz CT molecular complexity index is 526. The van der Waals surface area contributed by atoms with Gasteiger partial charge in [0.2, 0.25) is 0 Å². The lowest BCUT2D eigenvalue weighted by atomic mass is 10.2. The van der Waals surface area contributed by atoms with Gasteiger partial charge in [-0.25, -0.2) is 4.98 Å². The van der Waals surface area contributed by atoms with Crippen LogP contribution in [0.15, 0.2) is 36.4 Å². The number of aryl methyl sites for hydroxylation is 1. The van der Waals surface area contributed by atoms with Crippen LogP contribution in [0.3, 0.4) is 0 Å². The second-order valence-corrected chi connectivity index (χ2v) is 4.29. The molecular weight excluding hydrogens is 234 g/mol. The third-order valence-electron chi connectivity index (χ3n) is 2.49. The topological polar surface area (TPSA) is 50.9 Å². The standard InChI is InChI=1S/C13H14ClN3/c1-9-12(15)5-6-13(17-9)16-8-10-3-2-4-11(14)7-10/h2-7H,8,15H2,1H3,(H,16,17). The van der Waals surface area contributed by atoms with E-state index in [2.05, 4.69) is 10.3 Å². The van der Waals surface area contributed by atoms with Gasteiger partial charge in [0.25, 0.3) is 0 Å². The van der Waals surface area contributed by atoms with E-state index in [1.54, 1.807) is 0 Å². The van der Waals surface area contributed by atoms with Gasteiger partial charge < -0.3 is 11.1 Å². The first-order valence-electron chi connectivity index (χ1n) is 5.36. The third kappa shape index (κ3) is 3.11. The van der Waals surface area contributed by atoms with Crippen LogP contribution in [0.1, 0.15) is 11.3 Å². The molecule has 1 aromatic heterocycles. The Labute approximate surface area is 106 Å². The van der Waals surface area contributed by atoms with Crippen molar-refractivity contribution in [3.05, 3.63) is 52.7 Å². The van der Waals surface area contributed by atoms with Crippen molar-refractivity contribution in [3.8, 4) is 0 Å². The van der Waals surface area contributed by atoms with Crippen LogP contribution in [0.25, 0.3) is 0 Å². The third-order valence-corrected chi connectivity index (χ3v) is 2.72. The van der Waals surface area contributed by atoms with Crippen LogP contribution in [-0.4, -0.2) is 4.98 Å². The number of hydrogen-bond acceptors (Lipinski definition) is 3. The average molecular weight is 248 g/mol. The molecule has 0 aliphatic carbocycles. The first kappa shape index (κ1) is 11.7. The first-order chi connectivity index (χ1) is 8.15. The summed E-state index contributed by atoms with van der Waals surface area (Å²) in [6.45, 7) is 2.58. The highest BCUT2D eigenvalue weighted by Crippen LogP contribution is 2.14. The number of nitrogen functional groups attached to an aromatic ring is 1. The van der Waals surface area contributed by atoms with Crippen molar-refractivity contribution in [1.82, 2.24) is 4.98 Å². The van der Waals surface area contributed by atoms with E-state index < -0.39 is 0 Å². The number of pyridine rings is 1. The van der Waals surface area contributed by atoms with Crippen LogP contribution in [0.4, 0.5) is 11.5 Å². The second kappa shape index (κ2) is 5.06. The number of benzene rings is 1. The van der Waals surface area contributed by atoms with Crippen molar-refractivity contribution in [3.63, 3.8) is 0 Å². The molecule has 0 aliphatic heterocycles. The zero-order chi connectivity index (χ0) is 12.3. The summed E-state index contributed by atoms with van der Waals surface area (Å²) in [4.78, 5) is 4.34. The van der Waals surface area contributed by atoms with Crippen LogP contribution in [0, 0.1) is 6.92 Å². The minimum absolute atomic E-state index is 0.691. The summed E-state index contributed by atoms with van der Waals surface area (Å²) in [7, 11) is 0. The molecule has 0 saturated heterocycles. The van der Waals surface area contributed by atoms with Gasteiger partial charge in [0.15, 0.2) is 0 Å². The molecular formula is C13H14ClN3. The van der Waals surface area contributed by atoms with Crippen molar-refractivity contribution in [2.24, 2.45) is 0 Å². The zero-order valence-corrected chi connectivity index (χ0v) is 10.3. The van der Waals surface area contributed by atoms with E-state index >= 15 is 0 Å². The van der Waals surface area contributed by atoms with Crippen LogP contribution >= 0.6 is 11.6 Å². The number of nitrogens with zero attached hydrogens (tertiary/aromatic N) is 1. The zero-order valence-electron chi connectivity index (χ0n) is 9.57. The van der Waals surface area contributed by atoms with E-state index in [1.165, 1.54) is 0 Å². The molecule has 2 rings (SSSR count). The summed E-state index contributed by atoms with van der Waals surface area (Å²) in [5.41, 5.74) is 8.37. The summed E-state index contributed by atoms with van der Waals surface area (Å²) in [5.74, 6) is 0.816. The normalized spacial score (nSPS) is 10.2. The van der Waals surface area contributed by atoms with Crippen LogP contribution in [0.2, 0.25) is 5.02 Å². The largest absolute Gasteiger partial charge is 0.397 e. The van der Waals surface area contributed by atoms with Crippen LogP contribution in [0.5, 0.6) is 0 Å². The van der Waals surface area contributed by atoms with E-state index in [1.807, 2.05) is 43.3 Å². The number of nitrogens with two attached hydrogens (primary N) is 1. The molecule has 3 nitrogen and oxygen atoms in total. The monoisotopic (exact) mass is 247 g/mol. The maximum absolute atomic E-state index is 5.91. The molecule has 3 N–H and O–H groups in total. The van der Waals surface area contributed by atoms with Crippen molar-refractivity contribution < 1.29 is 0 Å². The lowest BCUT2D eigenvalue weighted by molar-refractivity contribution is 1.09. The van der Waals surface area contributed by atoms with Gasteiger partial charge >= 0.3 is 0 Å². The molecule has 1 heterocycles. The van der Waals surface area contributed by atoms with Gasteiger partial charge in [-0.3, -0.25) is 0 Å². The molecule has 0 unspecified atom stereocenters. The summed E-state index contributed by atoms with van der Waals surface area (Å²) in [5, 5.41) is 3.97. The molecule has 0 spiro atoms. The number of nitrogens with one attached hydrogen (secondary N) is 1. The molecule has 0 atom stereocenters. The van der Waals surface area contributed by atoms with Crippen LogP contribution < -0.4 is 11.1 Å². The maximum atomic E-state index is 5.91. The number of hydrogen-bond donors (Lipinski definition) is 2. The molecule has 0 amide bonds. The van der Waals surface area contributed by atoms with Crippen molar-refractivity contribution in [2.45, 2.75) is 13.5 Å². The fourth-order valence-corrected chi connectivity index (χ4v) is 1.72. The van der Waals surface area contributed by atoms with Gasteiger partial charge in [0.05, 0.1) is 11.4 Å². The molecule has 1 aromatic carbocycles. The molecule has 0 radical (unpaired) electrons. The maximum Gasteiger partial charge on any atom is 0.126 e. The molecule has 0 bridgehead atoms. The second-order valence-electron chi connectivity index (χ2n) is 3.85. The summed E-state index contributed by atoms with van der Waals surface area (Å²) in [6.07, 6.45) is 0. The Kier molecular flexibility index (Phi) is 3.49. The summed E-state index contributed by atoms with van der Waals surface area (Å²) >= 11 is 5.91. The fraction of sp³-hybridized carbons (Fsp3) is 0.154. The van der Waals surface area contributed by atoms with Crippen LogP contribution in [-0.2, 0) is 6.54 Å². The number of halogens is 1. The molecule has 0 aliphatic rings. The highest BCUT2D eigenvalue weighted by Gasteiger charge is 1.99. The smallest absolute Gasteiger partial charge is 0.126 e. The van der Waals surface area contributed by atoms with E-state index in [0.717, 1.165) is 22.1 Å². The van der Waals surface area contributed by atoms with E-state index in [9.17, 15) is 0 Å². The number of rotatable bonds is 3. The lowest BCUT2D eigenvalue weighted by Crippen LogP contribution is -2.03. The van der Waals surface area contributed by atoms with E-state index in [0.29, 0.717) is 12.2 Å². The highest BCUT2D eigenvalue weighted by molar-refractivity contribution is 6.30. The number of aromatic nitrogens is 1. The Balaban J connectivity index is 2.05.